The van der Waals surface area contributed by atoms with Crippen LogP contribution in [0.4, 0.5) is 5.13 Å². The van der Waals surface area contributed by atoms with E-state index in [1.54, 1.807) is 6.08 Å². The van der Waals surface area contributed by atoms with Crippen molar-refractivity contribution in [1.82, 2.24) is 15.1 Å². The van der Waals surface area contributed by atoms with Gasteiger partial charge in [-0.1, -0.05) is 29.2 Å². The van der Waals surface area contributed by atoms with Gasteiger partial charge in [0.25, 0.3) is 0 Å². The predicted octanol–water partition coefficient (Wildman–Crippen LogP) is 1.86. The monoisotopic (exact) mass is 328 g/mol. The number of thioether (sulfide) groups is 1. The van der Waals surface area contributed by atoms with Crippen molar-refractivity contribution in [3.63, 3.8) is 0 Å². The van der Waals surface area contributed by atoms with Crippen molar-refractivity contribution < 1.29 is 9.53 Å². The van der Waals surface area contributed by atoms with Crippen LogP contribution in [0.5, 0.6) is 0 Å². The number of hydrogen-bond donors (Lipinski definition) is 1. The molecule has 0 bridgehead atoms. The number of carbonyl (C=O) groups excluding carboxylic acids is 1. The van der Waals surface area contributed by atoms with Crippen molar-refractivity contribution in [3.8, 4) is 0 Å². The Kier molecular flexibility index (Phi) is 6.01. The van der Waals surface area contributed by atoms with Crippen LogP contribution in [0.3, 0.4) is 0 Å². The first-order chi connectivity index (χ1) is 10.1. The second-order valence-corrected chi connectivity index (χ2v) is 7.09. The van der Waals surface area contributed by atoms with Crippen molar-refractivity contribution in [2.75, 3.05) is 30.7 Å². The van der Waals surface area contributed by atoms with Crippen LogP contribution in [-0.4, -0.2) is 58.6 Å². The molecule has 0 aliphatic carbocycles. The third kappa shape index (κ3) is 4.98. The molecular weight excluding hydrogens is 308 g/mol. The van der Waals surface area contributed by atoms with E-state index in [1.807, 2.05) is 18.7 Å². The van der Waals surface area contributed by atoms with Gasteiger partial charge in [-0.15, -0.1) is 16.8 Å². The van der Waals surface area contributed by atoms with Crippen molar-refractivity contribution >= 4 is 34.1 Å². The number of nitrogens with zero attached hydrogens (tertiary/aromatic N) is 3. The molecule has 1 aromatic rings. The zero-order valence-electron chi connectivity index (χ0n) is 12.2. The number of carbonyl (C=O) groups is 1. The normalized spacial score (nSPS) is 22.1. The van der Waals surface area contributed by atoms with E-state index in [9.17, 15) is 4.79 Å². The number of amides is 1. The first kappa shape index (κ1) is 16.3. The van der Waals surface area contributed by atoms with Crippen molar-refractivity contribution in [2.45, 2.75) is 30.4 Å². The molecule has 0 radical (unpaired) electrons. The molecule has 2 unspecified atom stereocenters. The first-order valence-corrected chi connectivity index (χ1v) is 8.63. The van der Waals surface area contributed by atoms with Crippen LogP contribution < -0.4 is 5.32 Å². The number of morpholine rings is 1. The van der Waals surface area contributed by atoms with E-state index in [1.165, 1.54) is 23.1 Å². The van der Waals surface area contributed by atoms with E-state index in [2.05, 4.69) is 22.1 Å². The molecule has 1 saturated heterocycles. The van der Waals surface area contributed by atoms with Gasteiger partial charge in [0.15, 0.2) is 4.34 Å². The van der Waals surface area contributed by atoms with Crippen LogP contribution in [0.2, 0.25) is 0 Å². The smallest absolute Gasteiger partial charge is 0.233 e. The van der Waals surface area contributed by atoms with Crippen LogP contribution in [0.1, 0.15) is 13.8 Å². The highest BCUT2D eigenvalue weighted by Gasteiger charge is 2.25. The lowest BCUT2D eigenvalue weighted by atomic mass is 10.2. The SMILES string of the molecule is C=CCNc1nnc(SCC(=O)N2CC(C)OC(C)C2)s1. The van der Waals surface area contributed by atoms with E-state index in [0.717, 1.165) is 9.47 Å². The highest BCUT2D eigenvalue weighted by Crippen LogP contribution is 2.26. The van der Waals surface area contributed by atoms with Crippen LogP contribution in [0.25, 0.3) is 0 Å². The minimum atomic E-state index is 0.0962. The highest BCUT2D eigenvalue weighted by molar-refractivity contribution is 8.01. The lowest BCUT2D eigenvalue weighted by molar-refractivity contribution is -0.140. The lowest BCUT2D eigenvalue weighted by Gasteiger charge is -2.35. The molecule has 1 aliphatic heterocycles. The summed E-state index contributed by atoms with van der Waals surface area (Å²) in [7, 11) is 0. The third-order valence-corrected chi connectivity index (χ3v) is 4.89. The minimum absolute atomic E-state index is 0.0962. The maximum absolute atomic E-state index is 12.2. The average molecular weight is 328 g/mol. The summed E-state index contributed by atoms with van der Waals surface area (Å²) in [4.78, 5) is 14.1. The van der Waals surface area contributed by atoms with Gasteiger partial charge in [-0.2, -0.15) is 0 Å². The van der Waals surface area contributed by atoms with Crippen LogP contribution in [0, 0.1) is 0 Å². The van der Waals surface area contributed by atoms with Crippen molar-refractivity contribution in [3.05, 3.63) is 12.7 Å². The molecule has 1 fully saturated rings. The van der Waals surface area contributed by atoms with Crippen LogP contribution in [0.15, 0.2) is 17.0 Å². The number of nitrogens with one attached hydrogen (secondary N) is 1. The highest BCUT2D eigenvalue weighted by atomic mass is 32.2. The molecule has 2 rings (SSSR count). The zero-order chi connectivity index (χ0) is 15.2. The molecule has 1 aliphatic rings. The van der Waals surface area contributed by atoms with Gasteiger partial charge in [-0.05, 0) is 13.8 Å². The molecule has 21 heavy (non-hydrogen) atoms. The van der Waals surface area contributed by atoms with Gasteiger partial charge in [0.2, 0.25) is 11.0 Å². The van der Waals surface area contributed by atoms with Crippen LogP contribution >= 0.6 is 23.1 Å². The number of ether oxygens (including phenoxy) is 1. The number of rotatable bonds is 6. The molecule has 0 aromatic carbocycles. The number of aromatic nitrogens is 2. The topological polar surface area (TPSA) is 67.4 Å². The summed E-state index contributed by atoms with van der Waals surface area (Å²) in [5, 5.41) is 11.9. The maximum Gasteiger partial charge on any atom is 0.233 e. The third-order valence-electron chi connectivity index (χ3n) is 2.90. The fraction of sp³-hybridized carbons (Fsp3) is 0.615. The van der Waals surface area contributed by atoms with Crippen molar-refractivity contribution in [2.24, 2.45) is 0 Å². The molecular formula is C13H20N4O2S2. The number of anilines is 1. The van der Waals surface area contributed by atoms with Crippen molar-refractivity contribution in [1.29, 1.82) is 0 Å². The average Bonchev–Trinajstić information content (AvgIpc) is 2.89. The fourth-order valence-electron chi connectivity index (χ4n) is 2.10. The molecule has 2 atom stereocenters. The second-order valence-electron chi connectivity index (χ2n) is 4.89. The molecule has 1 aromatic heterocycles. The van der Waals surface area contributed by atoms with Gasteiger partial charge >= 0.3 is 0 Å². The Balaban J connectivity index is 1.80. The number of hydrogen-bond acceptors (Lipinski definition) is 7. The molecule has 1 N–H and O–H groups in total. The lowest BCUT2D eigenvalue weighted by Crippen LogP contribution is -2.48. The molecule has 6 nitrogen and oxygen atoms in total. The molecule has 1 amide bonds. The van der Waals surface area contributed by atoms with E-state index in [-0.39, 0.29) is 18.1 Å². The van der Waals surface area contributed by atoms with Gasteiger partial charge in [0, 0.05) is 19.6 Å². The van der Waals surface area contributed by atoms with E-state index >= 15 is 0 Å². The summed E-state index contributed by atoms with van der Waals surface area (Å²) in [6.07, 6.45) is 1.95. The van der Waals surface area contributed by atoms with E-state index < -0.39 is 0 Å². The van der Waals surface area contributed by atoms with Crippen LogP contribution in [-0.2, 0) is 9.53 Å². The Labute approximate surface area is 133 Å². The largest absolute Gasteiger partial charge is 0.372 e. The Morgan fingerprint density at radius 2 is 2.24 bits per heavy atom. The Morgan fingerprint density at radius 3 is 2.90 bits per heavy atom. The standard InChI is InChI=1S/C13H20N4O2S2/c1-4-5-14-12-15-16-13(21-12)20-8-11(18)17-6-9(2)19-10(3)7-17/h4,9-10H,1,5-8H2,2-3H3,(H,14,15). The van der Waals surface area contributed by atoms with E-state index in [0.29, 0.717) is 25.4 Å². The summed E-state index contributed by atoms with van der Waals surface area (Å²) < 4.78 is 6.43. The Morgan fingerprint density at radius 1 is 1.52 bits per heavy atom. The summed E-state index contributed by atoms with van der Waals surface area (Å²) in [6, 6.07) is 0. The minimum Gasteiger partial charge on any atom is -0.372 e. The Bertz CT molecular complexity index is 484. The van der Waals surface area contributed by atoms with Gasteiger partial charge in [-0.3, -0.25) is 4.79 Å². The van der Waals surface area contributed by atoms with Gasteiger partial charge in [0.05, 0.1) is 18.0 Å². The molecule has 116 valence electrons. The maximum atomic E-state index is 12.2. The molecule has 0 saturated carbocycles. The predicted molar refractivity (Wildman–Crippen MR) is 85.9 cm³/mol. The fourth-order valence-corrected chi connectivity index (χ4v) is 3.76. The quantitative estimate of drug-likeness (QED) is 0.635. The summed E-state index contributed by atoms with van der Waals surface area (Å²) in [5.74, 6) is 0.507. The van der Waals surface area contributed by atoms with Gasteiger partial charge < -0.3 is 15.0 Å². The molecule has 2 heterocycles. The molecule has 8 heteroatoms. The zero-order valence-corrected chi connectivity index (χ0v) is 13.9. The van der Waals surface area contributed by atoms with E-state index in [4.69, 9.17) is 4.74 Å². The summed E-state index contributed by atoms with van der Waals surface area (Å²) in [6.45, 7) is 9.59. The second kappa shape index (κ2) is 7.77. The molecule has 0 spiro atoms. The first-order valence-electron chi connectivity index (χ1n) is 6.82. The van der Waals surface area contributed by atoms with Gasteiger partial charge in [0.1, 0.15) is 0 Å². The summed E-state index contributed by atoms with van der Waals surface area (Å²) >= 11 is 2.87. The summed E-state index contributed by atoms with van der Waals surface area (Å²) in [5.41, 5.74) is 0. The van der Waals surface area contributed by atoms with Gasteiger partial charge in [-0.25, -0.2) is 0 Å². The Hall–Kier alpha value is -1.12.